The van der Waals surface area contributed by atoms with Crippen molar-refractivity contribution in [2.75, 3.05) is 21.3 Å². The second-order valence-electron chi connectivity index (χ2n) is 7.51. The van der Waals surface area contributed by atoms with Gasteiger partial charge in [0.15, 0.2) is 11.5 Å². The third-order valence-electron chi connectivity index (χ3n) is 5.24. The fourth-order valence-electron chi connectivity index (χ4n) is 3.41. The molecule has 0 aromatic heterocycles. The van der Waals surface area contributed by atoms with Crippen molar-refractivity contribution in [2.24, 2.45) is 5.92 Å². The standard InChI is InChI=1S/C20H32N2O6S/c1-13(2)29(24,25)22-16-8-6-15(7-9-16)20(23)21-12-14-10-17(26-3)19(28-5)18(11-14)27-4/h10-11,13,15-16,22H,6-9,12H2,1-5H3,(H,21,23). The summed E-state index contributed by atoms with van der Waals surface area (Å²) in [6.45, 7) is 3.66. The minimum atomic E-state index is -3.29. The lowest BCUT2D eigenvalue weighted by molar-refractivity contribution is -0.126. The zero-order valence-corrected chi connectivity index (χ0v) is 18.6. The summed E-state index contributed by atoms with van der Waals surface area (Å²) in [6, 6.07) is 3.51. The van der Waals surface area contributed by atoms with Crippen LogP contribution in [0.1, 0.15) is 45.1 Å². The van der Waals surface area contributed by atoms with Gasteiger partial charge in [-0.3, -0.25) is 4.79 Å². The van der Waals surface area contributed by atoms with Gasteiger partial charge >= 0.3 is 0 Å². The highest BCUT2D eigenvalue weighted by Crippen LogP contribution is 2.38. The number of carbonyl (C=O) groups excluding carboxylic acids is 1. The monoisotopic (exact) mass is 428 g/mol. The number of nitrogens with one attached hydrogen (secondary N) is 2. The normalized spacial score (nSPS) is 19.7. The molecule has 164 valence electrons. The van der Waals surface area contributed by atoms with E-state index < -0.39 is 15.3 Å². The summed E-state index contributed by atoms with van der Waals surface area (Å²) in [5.41, 5.74) is 0.839. The first kappa shape index (κ1) is 23.3. The lowest BCUT2D eigenvalue weighted by Gasteiger charge is -2.28. The van der Waals surface area contributed by atoms with Gasteiger partial charge in [-0.1, -0.05) is 0 Å². The van der Waals surface area contributed by atoms with Gasteiger partial charge in [-0.25, -0.2) is 13.1 Å². The molecule has 1 fully saturated rings. The van der Waals surface area contributed by atoms with Crippen molar-refractivity contribution in [3.8, 4) is 17.2 Å². The summed E-state index contributed by atoms with van der Waals surface area (Å²) in [5, 5.41) is 2.50. The average Bonchev–Trinajstić information content (AvgIpc) is 2.71. The molecule has 1 saturated carbocycles. The Labute approximate surface area is 173 Å². The minimum absolute atomic E-state index is 0.0241. The number of sulfonamides is 1. The SMILES string of the molecule is COc1cc(CNC(=O)C2CCC(NS(=O)(=O)C(C)C)CC2)cc(OC)c1OC. The van der Waals surface area contributed by atoms with E-state index in [4.69, 9.17) is 14.2 Å². The van der Waals surface area contributed by atoms with Gasteiger partial charge in [-0.05, 0) is 57.2 Å². The number of hydrogen-bond donors (Lipinski definition) is 2. The Bertz CT molecular complexity index is 776. The van der Waals surface area contributed by atoms with E-state index in [0.29, 0.717) is 49.5 Å². The Hall–Kier alpha value is -2.00. The second kappa shape index (κ2) is 10.2. The largest absolute Gasteiger partial charge is 0.493 e. The van der Waals surface area contributed by atoms with Crippen LogP contribution >= 0.6 is 0 Å². The zero-order chi connectivity index (χ0) is 21.6. The number of methoxy groups -OCH3 is 3. The molecule has 0 unspecified atom stereocenters. The Morgan fingerprint density at radius 1 is 1.03 bits per heavy atom. The van der Waals surface area contributed by atoms with Crippen molar-refractivity contribution in [1.29, 1.82) is 0 Å². The van der Waals surface area contributed by atoms with Gasteiger partial charge < -0.3 is 19.5 Å². The van der Waals surface area contributed by atoms with Crippen LogP contribution in [0.25, 0.3) is 0 Å². The van der Waals surface area contributed by atoms with Crippen LogP contribution in [-0.4, -0.2) is 46.9 Å². The van der Waals surface area contributed by atoms with Crippen molar-refractivity contribution in [2.45, 2.75) is 57.4 Å². The number of rotatable bonds is 9. The quantitative estimate of drug-likeness (QED) is 0.625. The summed E-state index contributed by atoms with van der Waals surface area (Å²) < 4.78 is 42.7. The fourth-order valence-corrected chi connectivity index (χ4v) is 4.39. The predicted molar refractivity (Wildman–Crippen MR) is 111 cm³/mol. The smallest absolute Gasteiger partial charge is 0.223 e. The first-order valence-corrected chi connectivity index (χ1v) is 11.3. The van der Waals surface area contributed by atoms with Crippen molar-refractivity contribution < 1.29 is 27.4 Å². The predicted octanol–water partition coefficient (Wildman–Crippen LogP) is 2.22. The van der Waals surface area contributed by atoms with E-state index in [9.17, 15) is 13.2 Å². The van der Waals surface area contributed by atoms with E-state index in [1.54, 1.807) is 47.3 Å². The van der Waals surface area contributed by atoms with Gasteiger partial charge in [-0.15, -0.1) is 0 Å². The molecule has 1 aliphatic rings. The second-order valence-corrected chi connectivity index (χ2v) is 9.78. The molecule has 8 nitrogen and oxygen atoms in total. The summed E-state index contributed by atoms with van der Waals surface area (Å²) in [5.74, 6) is 1.44. The van der Waals surface area contributed by atoms with Crippen LogP contribution in [0.2, 0.25) is 0 Å². The van der Waals surface area contributed by atoms with E-state index >= 15 is 0 Å². The Kier molecular flexibility index (Phi) is 8.15. The fraction of sp³-hybridized carbons (Fsp3) is 0.650. The molecule has 2 rings (SSSR count). The van der Waals surface area contributed by atoms with Crippen molar-refractivity contribution in [1.82, 2.24) is 10.0 Å². The summed E-state index contributed by atoms with van der Waals surface area (Å²) in [4.78, 5) is 12.6. The number of hydrogen-bond acceptors (Lipinski definition) is 6. The summed E-state index contributed by atoms with van der Waals surface area (Å²) in [6.07, 6.45) is 2.64. The molecule has 0 heterocycles. The Morgan fingerprint density at radius 3 is 2.03 bits per heavy atom. The molecule has 9 heteroatoms. The van der Waals surface area contributed by atoms with Crippen LogP contribution in [0.3, 0.4) is 0 Å². The molecule has 1 aliphatic carbocycles. The number of benzene rings is 1. The third-order valence-corrected chi connectivity index (χ3v) is 7.14. The maximum atomic E-state index is 12.6. The van der Waals surface area contributed by atoms with Crippen LogP contribution in [0, 0.1) is 5.92 Å². The van der Waals surface area contributed by atoms with Crippen LogP contribution in [0.4, 0.5) is 0 Å². The van der Waals surface area contributed by atoms with E-state index in [0.717, 1.165) is 5.56 Å². The molecule has 0 aliphatic heterocycles. The van der Waals surface area contributed by atoms with E-state index in [-0.39, 0.29) is 17.9 Å². The van der Waals surface area contributed by atoms with E-state index in [1.165, 1.54) is 0 Å². The molecule has 1 aromatic rings. The molecule has 1 aromatic carbocycles. The highest BCUT2D eigenvalue weighted by molar-refractivity contribution is 7.90. The minimum Gasteiger partial charge on any atom is -0.493 e. The molecule has 0 radical (unpaired) electrons. The highest BCUT2D eigenvalue weighted by atomic mass is 32.2. The molecule has 0 spiro atoms. The molecule has 1 amide bonds. The van der Waals surface area contributed by atoms with E-state index in [1.807, 2.05) is 0 Å². The van der Waals surface area contributed by atoms with Crippen molar-refractivity contribution in [3.63, 3.8) is 0 Å². The first-order chi connectivity index (χ1) is 13.7. The number of amides is 1. The highest BCUT2D eigenvalue weighted by Gasteiger charge is 2.29. The summed E-state index contributed by atoms with van der Waals surface area (Å²) >= 11 is 0. The molecule has 0 atom stereocenters. The average molecular weight is 429 g/mol. The molecular weight excluding hydrogens is 396 g/mol. The van der Waals surface area contributed by atoms with Gasteiger partial charge in [0, 0.05) is 18.5 Å². The van der Waals surface area contributed by atoms with Crippen molar-refractivity contribution in [3.05, 3.63) is 17.7 Å². The summed E-state index contributed by atoms with van der Waals surface area (Å²) in [7, 11) is 1.35. The van der Waals surface area contributed by atoms with Gasteiger partial charge in [0.25, 0.3) is 0 Å². The molecular formula is C20H32N2O6S. The van der Waals surface area contributed by atoms with Gasteiger partial charge in [0.05, 0.1) is 26.6 Å². The third kappa shape index (κ3) is 5.99. The van der Waals surface area contributed by atoms with Gasteiger partial charge in [-0.2, -0.15) is 0 Å². The lowest BCUT2D eigenvalue weighted by atomic mass is 9.86. The van der Waals surface area contributed by atoms with E-state index in [2.05, 4.69) is 10.0 Å². The lowest BCUT2D eigenvalue weighted by Crippen LogP contribution is -2.43. The Morgan fingerprint density at radius 2 is 1.59 bits per heavy atom. The van der Waals surface area contributed by atoms with Crippen LogP contribution in [-0.2, 0) is 21.4 Å². The molecule has 0 bridgehead atoms. The van der Waals surface area contributed by atoms with Crippen LogP contribution in [0.5, 0.6) is 17.2 Å². The van der Waals surface area contributed by atoms with Gasteiger partial charge in [0.1, 0.15) is 0 Å². The zero-order valence-electron chi connectivity index (χ0n) is 17.8. The maximum Gasteiger partial charge on any atom is 0.223 e. The Balaban J connectivity index is 1.91. The van der Waals surface area contributed by atoms with Crippen LogP contribution in [0.15, 0.2) is 12.1 Å². The maximum absolute atomic E-state index is 12.6. The number of ether oxygens (including phenoxy) is 3. The topological polar surface area (TPSA) is 103 Å². The van der Waals surface area contributed by atoms with Gasteiger partial charge in [0.2, 0.25) is 21.7 Å². The van der Waals surface area contributed by atoms with Crippen LogP contribution < -0.4 is 24.2 Å². The molecule has 2 N–H and O–H groups in total. The first-order valence-electron chi connectivity index (χ1n) is 9.79. The molecule has 0 saturated heterocycles. The number of carbonyl (C=O) groups is 1. The molecule has 29 heavy (non-hydrogen) atoms. The van der Waals surface area contributed by atoms with Crippen molar-refractivity contribution >= 4 is 15.9 Å².